The molecule has 0 aromatic rings. The molecule has 7 nitrogen and oxygen atoms in total. The number of hydrogen-bond acceptors (Lipinski definition) is 4. The molecule has 0 aromatic carbocycles. The summed E-state index contributed by atoms with van der Waals surface area (Å²) in [4.78, 5) is 49.3. The van der Waals surface area contributed by atoms with Crippen LogP contribution in [0.3, 0.4) is 0 Å². The number of quaternary nitrogens is 1. The van der Waals surface area contributed by atoms with Crippen molar-refractivity contribution in [2.45, 2.75) is 51.7 Å². The molecule has 4 atom stereocenters. The number of carbonyl (C=O) groups is 4. The Morgan fingerprint density at radius 2 is 1.82 bits per heavy atom. The van der Waals surface area contributed by atoms with Gasteiger partial charge in [-0.05, 0) is 12.8 Å². The molecule has 2 aliphatic rings. The molecule has 0 radical (unpaired) electrons. The number of rotatable bonds is 4. The first-order valence-corrected chi connectivity index (χ1v) is 7.65. The second-order valence-electron chi connectivity index (χ2n) is 6.78. The highest BCUT2D eigenvalue weighted by Gasteiger charge is 2.73. The maximum atomic E-state index is 13.0. The Morgan fingerprint density at radius 3 is 2.23 bits per heavy atom. The van der Waals surface area contributed by atoms with Crippen LogP contribution in [0.5, 0.6) is 0 Å². The third-order valence-electron chi connectivity index (χ3n) is 4.98. The maximum Gasteiger partial charge on any atom is 0.337 e. The Morgan fingerprint density at radius 1 is 1.23 bits per heavy atom. The van der Waals surface area contributed by atoms with Crippen LogP contribution in [0.15, 0.2) is 0 Å². The lowest BCUT2D eigenvalue weighted by Crippen LogP contribution is -2.51. The number of likely N-dealkylation sites (N-methyl/N-ethyl adjacent to an activating group) is 1. The van der Waals surface area contributed by atoms with E-state index >= 15 is 0 Å². The summed E-state index contributed by atoms with van der Waals surface area (Å²) in [5, 5.41) is 0. The first-order chi connectivity index (χ1) is 10.1. The van der Waals surface area contributed by atoms with Crippen LogP contribution in [0.1, 0.15) is 33.6 Å². The van der Waals surface area contributed by atoms with Gasteiger partial charge in [-0.3, -0.25) is 14.4 Å². The number of Topliss-reactive ketones (excluding diaryl/α,β-unsaturated/α-hetero) is 1. The maximum absolute atomic E-state index is 13.0. The van der Waals surface area contributed by atoms with Crippen LogP contribution in [-0.4, -0.2) is 64.6 Å². The van der Waals surface area contributed by atoms with Gasteiger partial charge in [0, 0.05) is 19.4 Å². The predicted molar refractivity (Wildman–Crippen MR) is 78.2 cm³/mol. The Kier molecular flexibility index (Phi) is 4.12. The van der Waals surface area contributed by atoms with Crippen molar-refractivity contribution >= 4 is 23.5 Å². The fourth-order valence-electron chi connectivity index (χ4n) is 3.97. The molecule has 2 N–H and O–H groups in total. The van der Waals surface area contributed by atoms with Gasteiger partial charge in [-0.1, -0.05) is 13.8 Å². The van der Waals surface area contributed by atoms with Crippen LogP contribution in [0.25, 0.3) is 0 Å². The molecule has 0 saturated carbocycles. The molecule has 22 heavy (non-hydrogen) atoms. The van der Waals surface area contributed by atoms with Crippen LogP contribution in [0.2, 0.25) is 0 Å². The van der Waals surface area contributed by atoms with Crippen LogP contribution in [0.4, 0.5) is 0 Å². The molecule has 2 aliphatic heterocycles. The van der Waals surface area contributed by atoms with Crippen molar-refractivity contribution in [3.05, 3.63) is 0 Å². The van der Waals surface area contributed by atoms with E-state index in [2.05, 4.69) is 0 Å². The number of amides is 3. The van der Waals surface area contributed by atoms with Gasteiger partial charge in [-0.2, -0.15) is 0 Å². The Hall–Kier alpha value is -1.76. The highest BCUT2D eigenvalue weighted by Crippen LogP contribution is 2.44. The fourth-order valence-corrected chi connectivity index (χ4v) is 3.97. The topological polar surface area (TPSA) is 97.5 Å². The third kappa shape index (κ3) is 2.33. The molecule has 2 fully saturated rings. The highest BCUT2D eigenvalue weighted by atomic mass is 16.2. The summed E-state index contributed by atoms with van der Waals surface area (Å²) in [5.74, 6) is -1.74. The summed E-state index contributed by atoms with van der Waals surface area (Å²) in [5.41, 5.74) is 5.44. The Labute approximate surface area is 130 Å². The molecule has 2 heterocycles. The van der Waals surface area contributed by atoms with Crippen molar-refractivity contribution in [3.63, 3.8) is 0 Å². The van der Waals surface area contributed by atoms with Crippen molar-refractivity contribution in [2.75, 3.05) is 13.6 Å². The van der Waals surface area contributed by atoms with E-state index in [0.717, 1.165) is 0 Å². The normalized spacial score (nSPS) is 33.9. The molecule has 2 saturated heterocycles. The minimum Gasteiger partial charge on any atom is -0.364 e. The second kappa shape index (κ2) is 5.46. The standard InChI is InChI=1S/C15H23N3O4/c1-8(2)11-12(13(16)20)18(11,4)15(22)10-6-5-7-17(10)14(21)9(3)19/h8,10-12H,5-7H2,1-4H3,(H-,16,20)/p+1/t10-,11?,12+,18?/m0/s1. The molecular weight excluding hydrogens is 286 g/mol. The fraction of sp³-hybridized carbons (Fsp3) is 0.733. The Bertz CT molecular complexity index is 545. The number of likely N-dealkylation sites (tertiary alicyclic amines) is 1. The highest BCUT2D eigenvalue weighted by molar-refractivity contribution is 6.35. The third-order valence-corrected chi connectivity index (χ3v) is 4.98. The molecular formula is C15H24N3O4+. The van der Waals surface area contributed by atoms with Crippen LogP contribution >= 0.6 is 0 Å². The van der Waals surface area contributed by atoms with Gasteiger partial charge in [0.15, 0.2) is 6.04 Å². The van der Waals surface area contributed by atoms with Crippen molar-refractivity contribution in [1.29, 1.82) is 0 Å². The van der Waals surface area contributed by atoms with E-state index < -0.39 is 29.7 Å². The number of ketones is 1. The molecule has 0 bridgehead atoms. The molecule has 7 heteroatoms. The number of hydrogen-bond donors (Lipinski definition) is 1. The molecule has 122 valence electrons. The monoisotopic (exact) mass is 310 g/mol. The summed E-state index contributed by atoms with van der Waals surface area (Å²) >= 11 is 0. The quantitative estimate of drug-likeness (QED) is 0.427. The lowest BCUT2D eigenvalue weighted by molar-refractivity contribution is -0.723. The van der Waals surface area contributed by atoms with Crippen LogP contribution in [0, 0.1) is 5.92 Å². The summed E-state index contributed by atoms with van der Waals surface area (Å²) < 4.78 is -0.0562. The zero-order chi connectivity index (χ0) is 16.8. The van der Waals surface area contributed by atoms with Crippen molar-refractivity contribution < 1.29 is 23.7 Å². The number of nitrogens with two attached hydrogens (primary N) is 1. The molecule has 0 aromatic heterocycles. The van der Waals surface area contributed by atoms with Crippen molar-refractivity contribution in [2.24, 2.45) is 11.7 Å². The van der Waals surface area contributed by atoms with E-state index in [-0.39, 0.29) is 22.3 Å². The number of primary amides is 1. The average molecular weight is 310 g/mol. The van der Waals surface area contributed by atoms with Gasteiger partial charge in [-0.25, -0.2) is 9.28 Å². The van der Waals surface area contributed by atoms with Gasteiger partial charge < -0.3 is 10.6 Å². The van der Waals surface area contributed by atoms with Gasteiger partial charge >= 0.3 is 5.91 Å². The van der Waals surface area contributed by atoms with Gasteiger partial charge in [0.2, 0.25) is 11.8 Å². The van der Waals surface area contributed by atoms with E-state index in [4.69, 9.17) is 5.73 Å². The van der Waals surface area contributed by atoms with Gasteiger partial charge in [0.25, 0.3) is 11.8 Å². The summed E-state index contributed by atoms with van der Waals surface area (Å²) in [6, 6.07) is -1.32. The van der Waals surface area contributed by atoms with E-state index in [1.54, 1.807) is 7.05 Å². The van der Waals surface area contributed by atoms with Crippen LogP contribution < -0.4 is 5.73 Å². The SMILES string of the molecule is CC(=O)C(=O)N1CCC[C@H]1C(=O)[N+]1(C)C(C(C)C)[C@@H]1C(N)=O. The van der Waals surface area contributed by atoms with Gasteiger partial charge in [-0.15, -0.1) is 0 Å². The smallest absolute Gasteiger partial charge is 0.337 e. The van der Waals surface area contributed by atoms with E-state index in [9.17, 15) is 19.2 Å². The molecule has 2 unspecified atom stereocenters. The van der Waals surface area contributed by atoms with Crippen molar-refractivity contribution in [3.8, 4) is 0 Å². The lowest BCUT2D eigenvalue weighted by atomic mass is 10.1. The largest absolute Gasteiger partial charge is 0.364 e. The van der Waals surface area contributed by atoms with E-state index in [0.29, 0.717) is 19.4 Å². The molecule has 2 rings (SSSR count). The zero-order valence-electron chi connectivity index (χ0n) is 13.5. The molecule has 0 aliphatic carbocycles. The average Bonchev–Trinajstić information content (AvgIpc) is 2.83. The zero-order valence-corrected chi connectivity index (χ0v) is 13.5. The number of nitrogens with zero attached hydrogens (tertiary/aromatic N) is 2. The second-order valence-corrected chi connectivity index (χ2v) is 6.78. The molecule has 0 spiro atoms. The predicted octanol–water partition coefficient (Wildman–Crippen LogP) is -0.568. The summed E-state index contributed by atoms with van der Waals surface area (Å²) in [6.07, 6.45) is 1.21. The van der Waals surface area contributed by atoms with E-state index in [1.165, 1.54) is 11.8 Å². The first kappa shape index (κ1) is 16.6. The Balaban J connectivity index is 2.25. The van der Waals surface area contributed by atoms with Gasteiger partial charge in [0.05, 0.1) is 7.05 Å². The summed E-state index contributed by atoms with van der Waals surface area (Å²) in [6.45, 7) is 5.51. The van der Waals surface area contributed by atoms with Crippen molar-refractivity contribution in [1.82, 2.24) is 4.90 Å². The lowest BCUT2D eigenvalue weighted by Gasteiger charge is -2.25. The van der Waals surface area contributed by atoms with Crippen LogP contribution in [-0.2, 0) is 19.2 Å². The van der Waals surface area contributed by atoms with Gasteiger partial charge in [0.1, 0.15) is 6.04 Å². The first-order valence-electron chi connectivity index (χ1n) is 7.65. The summed E-state index contributed by atoms with van der Waals surface area (Å²) in [7, 11) is 1.71. The van der Waals surface area contributed by atoms with E-state index in [1.807, 2.05) is 13.8 Å². The number of carbonyl (C=O) groups excluding carboxylic acids is 4. The molecule has 3 amide bonds. The minimum absolute atomic E-state index is 0.0562. The minimum atomic E-state index is -0.632.